The largest absolute Gasteiger partial charge is 0.534 e. The Morgan fingerprint density at radius 1 is 1.18 bits per heavy atom. The molecule has 2 aromatic rings. The van der Waals surface area contributed by atoms with E-state index in [-0.39, 0.29) is 28.3 Å². The number of hydrogen-bond acceptors (Lipinski definition) is 9. The highest BCUT2D eigenvalue weighted by Gasteiger charge is 2.49. The van der Waals surface area contributed by atoms with Crippen LogP contribution in [0.3, 0.4) is 0 Å². The molecule has 1 heterocycles. The van der Waals surface area contributed by atoms with Crippen LogP contribution >= 0.6 is 0 Å². The Hall–Kier alpha value is -3.37. The highest BCUT2D eigenvalue weighted by atomic mass is 32.2. The quantitative estimate of drug-likeness (QED) is 0.219. The van der Waals surface area contributed by atoms with Crippen molar-refractivity contribution in [2.45, 2.75) is 38.6 Å². The van der Waals surface area contributed by atoms with Crippen molar-refractivity contribution in [2.24, 2.45) is 0 Å². The predicted octanol–water partition coefficient (Wildman–Crippen LogP) is 3.90. The molecule has 0 fully saturated rings. The van der Waals surface area contributed by atoms with Crippen LogP contribution in [0.2, 0.25) is 0 Å². The summed E-state index contributed by atoms with van der Waals surface area (Å²) >= 11 is 0. The Kier molecular flexibility index (Phi) is 6.96. The van der Waals surface area contributed by atoms with Crippen LogP contribution in [0.15, 0.2) is 24.3 Å². The fourth-order valence-corrected chi connectivity index (χ4v) is 3.10. The van der Waals surface area contributed by atoms with Gasteiger partial charge in [0, 0.05) is 30.5 Å². The lowest BCUT2D eigenvalue weighted by atomic mass is 9.88. The van der Waals surface area contributed by atoms with E-state index in [9.17, 15) is 36.9 Å². The number of esters is 1. The molecule has 0 aliphatic rings. The van der Waals surface area contributed by atoms with Gasteiger partial charge in [-0.1, -0.05) is 20.8 Å². The number of rotatable bonds is 5. The first-order chi connectivity index (χ1) is 15.0. The van der Waals surface area contributed by atoms with E-state index in [2.05, 4.69) is 9.17 Å². The lowest BCUT2D eigenvalue weighted by Crippen LogP contribution is -2.29. The summed E-state index contributed by atoms with van der Waals surface area (Å²) in [5.41, 5.74) is -7.12. The monoisotopic (exact) mass is 487 g/mol. The fourth-order valence-electron chi connectivity index (χ4n) is 2.68. The zero-order valence-electron chi connectivity index (χ0n) is 18.2. The highest BCUT2D eigenvalue weighted by molar-refractivity contribution is 7.87. The van der Waals surface area contributed by atoms with Crippen LogP contribution in [0.1, 0.15) is 39.0 Å². The first-order valence-electron chi connectivity index (χ1n) is 9.19. The van der Waals surface area contributed by atoms with Crippen LogP contribution in [-0.2, 0) is 20.3 Å². The number of ether oxygens (including phenoxy) is 1. The molecule has 0 aliphatic heterocycles. The molecule has 0 spiro atoms. The highest BCUT2D eigenvalue weighted by Crippen LogP contribution is 2.40. The first kappa shape index (κ1) is 25.9. The van der Waals surface area contributed by atoms with E-state index in [1.54, 1.807) is 26.8 Å². The summed E-state index contributed by atoms with van der Waals surface area (Å²) < 4.78 is 71.4. The average Bonchev–Trinajstić information content (AvgIpc) is 2.64. The van der Waals surface area contributed by atoms with Crippen LogP contribution in [0.5, 0.6) is 11.6 Å². The summed E-state index contributed by atoms with van der Waals surface area (Å²) in [5.74, 6) is -1.75. The van der Waals surface area contributed by atoms with Gasteiger partial charge in [0.1, 0.15) is 17.4 Å². The maximum absolute atomic E-state index is 12.9. The Labute approximate surface area is 188 Å². The van der Waals surface area contributed by atoms with Gasteiger partial charge in [-0.15, -0.1) is 0 Å². The van der Waals surface area contributed by atoms with Crippen LogP contribution in [0, 0.1) is 11.3 Å². The number of nitriles is 1. The van der Waals surface area contributed by atoms with Gasteiger partial charge in [-0.3, -0.25) is 15.1 Å². The van der Waals surface area contributed by atoms with Gasteiger partial charge in [0.2, 0.25) is 0 Å². The molecule has 0 bridgehead atoms. The van der Waals surface area contributed by atoms with E-state index in [1.165, 1.54) is 31.3 Å². The van der Waals surface area contributed by atoms with Crippen LogP contribution in [0.25, 0.3) is 11.1 Å². The molecule has 13 heteroatoms. The third-order valence-electron chi connectivity index (χ3n) is 4.21. The van der Waals surface area contributed by atoms with E-state index in [4.69, 9.17) is 4.74 Å². The fraction of sp³-hybridized carbons (Fsp3) is 0.350. The molecule has 1 aromatic heterocycles. The van der Waals surface area contributed by atoms with E-state index in [0.29, 0.717) is 5.06 Å². The first-order valence-corrected chi connectivity index (χ1v) is 10.6. The van der Waals surface area contributed by atoms with E-state index < -0.39 is 38.5 Å². The Balaban J connectivity index is 2.94. The molecular formula is C20H20F3N3O6S. The molecule has 0 saturated carbocycles. The molecule has 9 nitrogen and oxygen atoms in total. The smallest absolute Gasteiger partial charge is 0.427 e. The van der Waals surface area contributed by atoms with E-state index in [1.807, 2.05) is 0 Å². The lowest BCUT2D eigenvalue weighted by Gasteiger charge is -2.23. The van der Waals surface area contributed by atoms with Crippen LogP contribution < -0.4 is 14.0 Å². The molecular weight excluding hydrogens is 467 g/mol. The van der Waals surface area contributed by atoms with Crippen LogP contribution in [-0.4, -0.2) is 37.1 Å². The molecule has 1 N–H and O–H groups in total. The third-order valence-corrected chi connectivity index (χ3v) is 5.15. The molecule has 0 saturated heterocycles. The standard InChI is InChI=1S/C20H20F3N3O6S/c1-11(27)31-12-6-7-16(26(5)28)14(8-12)13-9-17(19(2,3)4)25-18(15(13)10-24)32-33(29,30)20(21,22)23/h6-9,28H,1-5H3. The van der Waals surface area contributed by atoms with Crippen molar-refractivity contribution in [1.29, 1.82) is 5.26 Å². The zero-order valence-corrected chi connectivity index (χ0v) is 19.0. The maximum Gasteiger partial charge on any atom is 0.534 e. The summed E-state index contributed by atoms with van der Waals surface area (Å²) in [6.07, 6.45) is 0. The van der Waals surface area contributed by atoms with Gasteiger partial charge in [-0.05, 0) is 24.3 Å². The molecule has 33 heavy (non-hydrogen) atoms. The number of pyridine rings is 1. The second kappa shape index (κ2) is 8.87. The number of hydrogen-bond donors (Lipinski definition) is 1. The number of carbonyl (C=O) groups is 1. The van der Waals surface area contributed by atoms with Crippen molar-refractivity contribution >= 4 is 21.8 Å². The van der Waals surface area contributed by atoms with Gasteiger partial charge in [0.15, 0.2) is 0 Å². The molecule has 178 valence electrons. The van der Waals surface area contributed by atoms with E-state index in [0.717, 1.165) is 6.92 Å². The Bertz CT molecular complexity index is 1230. The van der Waals surface area contributed by atoms with E-state index >= 15 is 0 Å². The summed E-state index contributed by atoms with van der Waals surface area (Å²) in [5, 5.41) is 20.4. The topological polar surface area (TPSA) is 130 Å². The van der Waals surface area contributed by atoms with Crippen LogP contribution in [0.4, 0.5) is 18.9 Å². The molecule has 0 amide bonds. The van der Waals surface area contributed by atoms with Gasteiger partial charge >= 0.3 is 21.6 Å². The average molecular weight is 487 g/mol. The minimum absolute atomic E-state index is 0.00601. The Morgan fingerprint density at radius 2 is 1.79 bits per heavy atom. The molecule has 0 atom stereocenters. The number of alkyl halides is 3. The number of aromatic nitrogens is 1. The summed E-state index contributed by atoms with van der Waals surface area (Å²) in [6.45, 7) is 6.11. The summed E-state index contributed by atoms with van der Waals surface area (Å²) in [6, 6.07) is 6.90. The van der Waals surface area contributed by atoms with Crippen molar-refractivity contribution in [1.82, 2.24) is 4.98 Å². The number of anilines is 1. The number of halogens is 3. The molecule has 0 unspecified atom stereocenters. The van der Waals surface area contributed by atoms with Crippen molar-refractivity contribution in [3.05, 3.63) is 35.5 Å². The minimum atomic E-state index is -6.14. The van der Waals surface area contributed by atoms with Gasteiger partial charge in [-0.25, -0.2) is 4.98 Å². The van der Waals surface area contributed by atoms with Crippen molar-refractivity contribution in [3.63, 3.8) is 0 Å². The number of hydroxylamine groups is 1. The van der Waals surface area contributed by atoms with Crippen molar-refractivity contribution in [3.8, 4) is 28.8 Å². The number of benzene rings is 1. The molecule has 2 rings (SSSR count). The van der Waals surface area contributed by atoms with Crippen molar-refractivity contribution in [2.75, 3.05) is 12.1 Å². The lowest BCUT2D eigenvalue weighted by molar-refractivity contribution is -0.131. The van der Waals surface area contributed by atoms with Gasteiger partial charge in [0.25, 0.3) is 5.88 Å². The SMILES string of the molecule is CC(=O)Oc1ccc(N(C)O)c(-c2cc(C(C)(C)C)nc(OS(=O)(=O)C(F)(F)F)c2C#N)c1. The Morgan fingerprint density at radius 3 is 2.24 bits per heavy atom. The second-order valence-corrected chi connectivity index (χ2v) is 9.41. The second-order valence-electron chi connectivity index (χ2n) is 7.88. The predicted molar refractivity (Wildman–Crippen MR) is 110 cm³/mol. The molecule has 0 radical (unpaired) electrons. The van der Waals surface area contributed by atoms with Gasteiger partial charge < -0.3 is 8.92 Å². The third kappa shape index (κ3) is 5.71. The van der Waals surface area contributed by atoms with Crippen molar-refractivity contribution < 1.29 is 40.5 Å². The van der Waals surface area contributed by atoms with Gasteiger partial charge in [0.05, 0.1) is 11.4 Å². The normalized spacial score (nSPS) is 12.1. The summed E-state index contributed by atoms with van der Waals surface area (Å²) in [4.78, 5) is 15.2. The number of nitrogens with zero attached hydrogens (tertiary/aromatic N) is 3. The maximum atomic E-state index is 12.9. The van der Waals surface area contributed by atoms with Gasteiger partial charge in [-0.2, -0.15) is 26.9 Å². The minimum Gasteiger partial charge on any atom is -0.427 e. The molecule has 1 aromatic carbocycles. The number of carbonyl (C=O) groups excluding carboxylic acids is 1. The molecule has 0 aliphatic carbocycles. The summed E-state index contributed by atoms with van der Waals surface area (Å²) in [7, 11) is -4.89. The zero-order chi connectivity index (χ0) is 25.4.